The van der Waals surface area contributed by atoms with Crippen LogP contribution in [0.5, 0.6) is 11.5 Å². The van der Waals surface area contributed by atoms with Crippen LogP contribution in [0.25, 0.3) is 0 Å². The first-order chi connectivity index (χ1) is 16.1. The zero-order valence-corrected chi connectivity index (χ0v) is 19.6. The number of piperidine rings is 1. The van der Waals surface area contributed by atoms with E-state index >= 15 is 0 Å². The van der Waals surface area contributed by atoms with Gasteiger partial charge in [-0.1, -0.05) is 30.3 Å². The molecule has 0 aliphatic carbocycles. The summed E-state index contributed by atoms with van der Waals surface area (Å²) < 4.78 is 38.1. The molecule has 34 heavy (non-hydrogen) atoms. The number of methoxy groups -OCH3 is 1. The van der Waals surface area contributed by atoms with E-state index in [4.69, 9.17) is 9.47 Å². The molecule has 6 heteroatoms. The second-order valence-electron chi connectivity index (χ2n) is 8.64. The minimum absolute atomic E-state index is 0. The normalized spacial score (nSPS) is 14.6. The van der Waals surface area contributed by atoms with Crippen LogP contribution in [0, 0.1) is 17.6 Å². The molecular formula is C28H33F2NO3. The lowest BCUT2D eigenvalue weighted by Gasteiger charge is -2.36. The predicted molar refractivity (Wildman–Crippen MR) is 131 cm³/mol. The first-order valence-electron chi connectivity index (χ1n) is 11.6. The number of likely N-dealkylation sites (tertiary alicyclic amines) is 1. The summed E-state index contributed by atoms with van der Waals surface area (Å²) in [5, 5.41) is 0. The van der Waals surface area contributed by atoms with Crippen molar-refractivity contribution in [3.8, 4) is 11.5 Å². The van der Waals surface area contributed by atoms with E-state index < -0.39 is 0 Å². The summed E-state index contributed by atoms with van der Waals surface area (Å²) in [5.41, 5.74) is 2.18. The Morgan fingerprint density at radius 3 is 1.97 bits per heavy atom. The molecule has 4 nitrogen and oxygen atoms in total. The summed E-state index contributed by atoms with van der Waals surface area (Å²) >= 11 is 0. The molecule has 0 unspecified atom stereocenters. The standard InChI is InChI=1S/C28H31F2NO2.H2O/c1-32-26-4-2-5-27(20-26)33-19-3-16-31-17-14-23(15-18-31)28(21-6-10-24(29)11-7-21)22-8-12-25(30)13-9-22;/h2,4-13,20,23,28H,3,14-19H2,1H3;1H2. The van der Waals surface area contributed by atoms with Gasteiger partial charge in [0, 0.05) is 18.5 Å². The van der Waals surface area contributed by atoms with Crippen molar-refractivity contribution in [2.24, 2.45) is 5.92 Å². The molecule has 182 valence electrons. The van der Waals surface area contributed by atoms with Gasteiger partial charge in [-0.2, -0.15) is 0 Å². The van der Waals surface area contributed by atoms with Crippen LogP contribution < -0.4 is 9.47 Å². The van der Waals surface area contributed by atoms with Crippen LogP contribution in [0.3, 0.4) is 0 Å². The SMILES string of the molecule is COc1cccc(OCCCN2CCC(C(c3ccc(F)cc3)c3ccc(F)cc3)CC2)c1.O. The molecule has 0 radical (unpaired) electrons. The van der Waals surface area contributed by atoms with Crippen molar-refractivity contribution in [1.29, 1.82) is 0 Å². The van der Waals surface area contributed by atoms with Crippen molar-refractivity contribution in [3.63, 3.8) is 0 Å². The molecule has 1 fully saturated rings. The Hall–Kier alpha value is -2.96. The van der Waals surface area contributed by atoms with E-state index in [0.29, 0.717) is 12.5 Å². The number of nitrogens with zero attached hydrogens (tertiary/aromatic N) is 1. The van der Waals surface area contributed by atoms with Gasteiger partial charge in [-0.25, -0.2) is 8.78 Å². The molecule has 0 saturated carbocycles. The van der Waals surface area contributed by atoms with E-state index in [9.17, 15) is 8.78 Å². The van der Waals surface area contributed by atoms with Crippen molar-refractivity contribution in [2.45, 2.75) is 25.2 Å². The van der Waals surface area contributed by atoms with E-state index in [1.54, 1.807) is 7.11 Å². The fourth-order valence-electron chi connectivity index (χ4n) is 4.76. The molecular weight excluding hydrogens is 436 g/mol. The van der Waals surface area contributed by atoms with Crippen LogP contribution in [0.1, 0.15) is 36.3 Å². The topological polar surface area (TPSA) is 53.2 Å². The van der Waals surface area contributed by atoms with Gasteiger partial charge in [0.25, 0.3) is 0 Å². The van der Waals surface area contributed by atoms with Gasteiger partial charge >= 0.3 is 0 Å². The largest absolute Gasteiger partial charge is 0.497 e. The Kier molecular flexibility index (Phi) is 9.42. The number of ether oxygens (including phenoxy) is 2. The molecule has 1 aliphatic rings. The fourth-order valence-corrected chi connectivity index (χ4v) is 4.76. The highest BCUT2D eigenvalue weighted by atomic mass is 19.1. The van der Waals surface area contributed by atoms with Crippen LogP contribution in [0.2, 0.25) is 0 Å². The summed E-state index contributed by atoms with van der Waals surface area (Å²) in [4.78, 5) is 2.48. The number of hydrogen-bond donors (Lipinski definition) is 0. The van der Waals surface area contributed by atoms with E-state index in [-0.39, 0.29) is 23.0 Å². The highest BCUT2D eigenvalue weighted by Gasteiger charge is 2.29. The Labute approximate surface area is 200 Å². The Bertz CT molecular complexity index is 957. The van der Waals surface area contributed by atoms with Gasteiger partial charge in [-0.15, -0.1) is 0 Å². The Morgan fingerprint density at radius 2 is 1.41 bits per heavy atom. The van der Waals surface area contributed by atoms with Crippen molar-refractivity contribution in [2.75, 3.05) is 33.4 Å². The lowest BCUT2D eigenvalue weighted by molar-refractivity contribution is 0.163. The van der Waals surface area contributed by atoms with Crippen molar-refractivity contribution in [1.82, 2.24) is 4.90 Å². The van der Waals surface area contributed by atoms with Crippen LogP contribution in [-0.2, 0) is 0 Å². The zero-order chi connectivity index (χ0) is 23.0. The average Bonchev–Trinajstić information content (AvgIpc) is 2.85. The molecule has 0 atom stereocenters. The molecule has 0 spiro atoms. The molecule has 0 bridgehead atoms. The lowest BCUT2D eigenvalue weighted by Crippen LogP contribution is -2.36. The predicted octanol–water partition coefficient (Wildman–Crippen LogP) is 5.46. The van der Waals surface area contributed by atoms with Gasteiger partial charge < -0.3 is 19.8 Å². The van der Waals surface area contributed by atoms with Gasteiger partial charge in [0.2, 0.25) is 0 Å². The molecule has 0 amide bonds. The highest BCUT2D eigenvalue weighted by Crippen LogP contribution is 2.38. The molecule has 4 rings (SSSR count). The lowest BCUT2D eigenvalue weighted by atomic mass is 9.76. The van der Waals surface area contributed by atoms with E-state index in [0.717, 1.165) is 61.5 Å². The monoisotopic (exact) mass is 469 g/mol. The third kappa shape index (κ3) is 6.78. The highest BCUT2D eigenvalue weighted by molar-refractivity contribution is 5.34. The maximum Gasteiger partial charge on any atom is 0.123 e. The van der Waals surface area contributed by atoms with Crippen LogP contribution in [0.4, 0.5) is 8.78 Å². The third-order valence-corrected chi connectivity index (χ3v) is 6.49. The van der Waals surface area contributed by atoms with Gasteiger partial charge in [0.15, 0.2) is 0 Å². The van der Waals surface area contributed by atoms with Gasteiger partial charge in [0.05, 0.1) is 13.7 Å². The fraction of sp³-hybridized carbons (Fsp3) is 0.357. The summed E-state index contributed by atoms with van der Waals surface area (Å²) in [7, 11) is 1.65. The van der Waals surface area contributed by atoms with Crippen LogP contribution in [-0.4, -0.2) is 43.7 Å². The van der Waals surface area contributed by atoms with Gasteiger partial charge in [0.1, 0.15) is 23.1 Å². The Morgan fingerprint density at radius 1 is 0.853 bits per heavy atom. The number of halogens is 2. The van der Waals surface area contributed by atoms with E-state index in [1.807, 2.05) is 48.5 Å². The van der Waals surface area contributed by atoms with Gasteiger partial charge in [-0.3, -0.25) is 0 Å². The molecule has 1 heterocycles. The minimum atomic E-state index is -0.234. The summed E-state index contributed by atoms with van der Waals surface area (Å²) in [6.07, 6.45) is 3.06. The first kappa shape index (κ1) is 25.7. The second-order valence-corrected chi connectivity index (χ2v) is 8.64. The van der Waals surface area contributed by atoms with Crippen molar-refractivity contribution in [3.05, 3.63) is 95.6 Å². The quantitative estimate of drug-likeness (QED) is 0.391. The summed E-state index contributed by atoms with van der Waals surface area (Å²) in [6, 6.07) is 21.2. The first-order valence-corrected chi connectivity index (χ1v) is 11.6. The minimum Gasteiger partial charge on any atom is -0.497 e. The maximum atomic E-state index is 13.5. The molecule has 1 aliphatic heterocycles. The summed E-state index contributed by atoms with van der Waals surface area (Å²) in [6.45, 7) is 3.70. The van der Waals surface area contributed by atoms with Gasteiger partial charge in [-0.05, 0) is 85.8 Å². The van der Waals surface area contributed by atoms with Crippen LogP contribution >= 0.6 is 0 Å². The molecule has 0 aromatic heterocycles. The maximum absolute atomic E-state index is 13.5. The molecule has 2 N–H and O–H groups in total. The van der Waals surface area contributed by atoms with Crippen molar-refractivity contribution < 1.29 is 23.7 Å². The third-order valence-electron chi connectivity index (χ3n) is 6.49. The summed E-state index contributed by atoms with van der Waals surface area (Å²) in [5.74, 6) is 1.74. The number of benzene rings is 3. The molecule has 3 aromatic carbocycles. The van der Waals surface area contributed by atoms with Crippen molar-refractivity contribution >= 4 is 0 Å². The van der Waals surface area contributed by atoms with E-state index in [1.165, 1.54) is 24.3 Å². The molecule has 3 aromatic rings. The average molecular weight is 470 g/mol. The Balaban J connectivity index is 0.00000324. The zero-order valence-electron chi connectivity index (χ0n) is 19.6. The van der Waals surface area contributed by atoms with E-state index in [2.05, 4.69) is 4.90 Å². The number of hydrogen-bond acceptors (Lipinski definition) is 3. The molecule has 1 saturated heterocycles. The second kappa shape index (κ2) is 12.5. The number of rotatable bonds is 9. The smallest absolute Gasteiger partial charge is 0.123 e. The van der Waals surface area contributed by atoms with Crippen LogP contribution in [0.15, 0.2) is 72.8 Å².